The third-order valence-electron chi connectivity index (χ3n) is 1.76. The van der Waals surface area contributed by atoms with Crippen molar-refractivity contribution in [2.45, 2.75) is 13.5 Å². The van der Waals surface area contributed by atoms with Gasteiger partial charge in [0, 0.05) is 11.3 Å². The molecule has 0 aliphatic heterocycles. The molecule has 3 nitrogen and oxygen atoms in total. The van der Waals surface area contributed by atoms with Crippen LogP contribution in [0.5, 0.6) is 0 Å². The SMILES string of the molecule is CC=CC(=O)Nc1ccccc1CO. The Hall–Kier alpha value is -1.61. The lowest BCUT2D eigenvalue weighted by molar-refractivity contribution is -0.111. The smallest absolute Gasteiger partial charge is 0.248 e. The molecule has 1 aromatic carbocycles. The van der Waals surface area contributed by atoms with E-state index in [9.17, 15) is 4.79 Å². The van der Waals surface area contributed by atoms with Gasteiger partial charge < -0.3 is 10.4 Å². The van der Waals surface area contributed by atoms with Crippen molar-refractivity contribution in [1.29, 1.82) is 0 Å². The summed E-state index contributed by atoms with van der Waals surface area (Å²) in [5.74, 6) is -0.187. The van der Waals surface area contributed by atoms with Gasteiger partial charge in [-0.25, -0.2) is 0 Å². The van der Waals surface area contributed by atoms with E-state index in [-0.39, 0.29) is 12.5 Å². The van der Waals surface area contributed by atoms with E-state index in [2.05, 4.69) is 5.32 Å². The number of nitrogens with one attached hydrogen (secondary N) is 1. The second-order valence-electron chi connectivity index (χ2n) is 2.80. The van der Waals surface area contributed by atoms with E-state index in [4.69, 9.17) is 5.11 Å². The van der Waals surface area contributed by atoms with Gasteiger partial charge in [-0.3, -0.25) is 4.79 Å². The van der Waals surface area contributed by atoms with Crippen molar-refractivity contribution in [3.05, 3.63) is 42.0 Å². The highest BCUT2D eigenvalue weighted by Crippen LogP contribution is 2.14. The molecule has 0 radical (unpaired) electrons. The topological polar surface area (TPSA) is 49.3 Å². The summed E-state index contributed by atoms with van der Waals surface area (Å²) < 4.78 is 0. The van der Waals surface area contributed by atoms with Gasteiger partial charge in [0.2, 0.25) is 5.91 Å². The van der Waals surface area contributed by atoms with Gasteiger partial charge in [0.1, 0.15) is 0 Å². The number of carbonyl (C=O) groups excluding carboxylic acids is 1. The molecule has 0 aliphatic carbocycles. The number of allylic oxidation sites excluding steroid dienone is 1. The Labute approximate surface area is 83.1 Å². The first-order chi connectivity index (χ1) is 6.77. The van der Waals surface area contributed by atoms with Gasteiger partial charge in [0.05, 0.1) is 6.61 Å². The van der Waals surface area contributed by atoms with Gasteiger partial charge in [0.15, 0.2) is 0 Å². The monoisotopic (exact) mass is 191 g/mol. The number of aliphatic hydroxyl groups is 1. The molecule has 0 atom stereocenters. The van der Waals surface area contributed by atoms with E-state index >= 15 is 0 Å². The first-order valence-corrected chi connectivity index (χ1v) is 4.40. The second kappa shape index (κ2) is 5.19. The van der Waals surface area contributed by atoms with Crippen LogP contribution >= 0.6 is 0 Å². The Bertz CT molecular complexity index is 345. The number of carbonyl (C=O) groups is 1. The summed E-state index contributed by atoms with van der Waals surface area (Å²) >= 11 is 0. The van der Waals surface area contributed by atoms with Gasteiger partial charge in [-0.2, -0.15) is 0 Å². The largest absolute Gasteiger partial charge is 0.392 e. The minimum atomic E-state index is -0.187. The zero-order chi connectivity index (χ0) is 10.4. The third-order valence-corrected chi connectivity index (χ3v) is 1.76. The van der Waals surface area contributed by atoms with Crippen molar-refractivity contribution < 1.29 is 9.90 Å². The Morgan fingerprint density at radius 3 is 2.86 bits per heavy atom. The molecule has 0 unspecified atom stereocenters. The Balaban J connectivity index is 2.80. The fourth-order valence-electron chi connectivity index (χ4n) is 1.11. The van der Waals surface area contributed by atoms with E-state index < -0.39 is 0 Å². The van der Waals surface area contributed by atoms with Crippen molar-refractivity contribution in [3.63, 3.8) is 0 Å². The predicted molar refractivity (Wildman–Crippen MR) is 55.8 cm³/mol. The lowest BCUT2D eigenvalue weighted by Gasteiger charge is -2.06. The van der Waals surface area contributed by atoms with Crippen molar-refractivity contribution >= 4 is 11.6 Å². The number of benzene rings is 1. The van der Waals surface area contributed by atoms with E-state index in [0.717, 1.165) is 0 Å². The van der Waals surface area contributed by atoms with E-state index in [1.165, 1.54) is 6.08 Å². The lowest BCUT2D eigenvalue weighted by atomic mass is 10.2. The Morgan fingerprint density at radius 1 is 1.50 bits per heavy atom. The number of para-hydroxylation sites is 1. The average molecular weight is 191 g/mol. The maximum atomic E-state index is 11.2. The normalized spacial score (nSPS) is 10.4. The van der Waals surface area contributed by atoms with Crippen LogP contribution in [0.1, 0.15) is 12.5 Å². The summed E-state index contributed by atoms with van der Waals surface area (Å²) in [6, 6.07) is 7.15. The molecule has 2 N–H and O–H groups in total. The van der Waals surface area contributed by atoms with Crippen molar-refractivity contribution in [1.82, 2.24) is 0 Å². The number of hydrogen-bond donors (Lipinski definition) is 2. The third kappa shape index (κ3) is 2.71. The molecule has 0 saturated carbocycles. The van der Waals surface area contributed by atoms with Crippen molar-refractivity contribution in [2.24, 2.45) is 0 Å². The molecule has 1 rings (SSSR count). The van der Waals surface area contributed by atoms with Crippen LogP contribution in [0.25, 0.3) is 0 Å². The highest BCUT2D eigenvalue weighted by Gasteiger charge is 2.01. The first kappa shape index (κ1) is 10.5. The highest BCUT2D eigenvalue weighted by atomic mass is 16.3. The molecule has 0 fully saturated rings. The van der Waals surface area contributed by atoms with Crippen LogP contribution in [-0.4, -0.2) is 11.0 Å². The minimum Gasteiger partial charge on any atom is -0.392 e. The maximum absolute atomic E-state index is 11.2. The summed E-state index contributed by atoms with van der Waals surface area (Å²) in [5.41, 5.74) is 1.36. The van der Waals surface area contributed by atoms with Crippen molar-refractivity contribution in [2.75, 3.05) is 5.32 Å². The zero-order valence-electron chi connectivity index (χ0n) is 8.03. The van der Waals surface area contributed by atoms with E-state index in [1.807, 2.05) is 12.1 Å². The van der Waals surface area contributed by atoms with Gasteiger partial charge in [0.25, 0.3) is 0 Å². The van der Waals surface area contributed by atoms with Gasteiger partial charge in [-0.1, -0.05) is 24.3 Å². The maximum Gasteiger partial charge on any atom is 0.248 e. The summed E-state index contributed by atoms with van der Waals surface area (Å²) in [7, 11) is 0. The van der Waals surface area contributed by atoms with E-state index in [0.29, 0.717) is 11.3 Å². The predicted octanol–water partition coefficient (Wildman–Crippen LogP) is 1.69. The molecular formula is C11H13NO2. The number of hydrogen-bond acceptors (Lipinski definition) is 2. The molecule has 1 amide bonds. The summed E-state index contributed by atoms with van der Waals surface area (Å²) in [5, 5.41) is 11.7. The lowest BCUT2D eigenvalue weighted by Crippen LogP contribution is -2.09. The van der Waals surface area contributed by atoms with Crippen LogP contribution in [0.15, 0.2) is 36.4 Å². The van der Waals surface area contributed by atoms with Crippen LogP contribution in [-0.2, 0) is 11.4 Å². The van der Waals surface area contributed by atoms with Crippen LogP contribution in [0, 0.1) is 0 Å². The van der Waals surface area contributed by atoms with Crippen LogP contribution in [0.2, 0.25) is 0 Å². The molecule has 14 heavy (non-hydrogen) atoms. The van der Waals surface area contributed by atoms with Gasteiger partial charge in [-0.15, -0.1) is 0 Å². The molecule has 74 valence electrons. The molecule has 0 aromatic heterocycles. The van der Waals surface area contributed by atoms with Crippen LogP contribution in [0.3, 0.4) is 0 Å². The number of anilines is 1. The number of aliphatic hydroxyl groups excluding tert-OH is 1. The fourth-order valence-corrected chi connectivity index (χ4v) is 1.11. The zero-order valence-corrected chi connectivity index (χ0v) is 8.03. The highest BCUT2D eigenvalue weighted by molar-refractivity contribution is 5.99. The molecule has 0 saturated heterocycles. The van der Waals surface area contributed by atoms with Crippen molar-refractivity contribution in [3.8, 4) is 0 Å². The minimum absolute atomic E-state index is 0.0771. The quantitative estimate of drug-likeness (QED) is 0.714. The average Bonchev–Trinajstić information content (AvgIpc) is 2.19. The molecule has 1 aromatic rings. The Kier molecular flexibility index (Phi) is 3.88. The second-order valence-corrected chi connectivity index (χ2v) is 2.80. The summed E-state index contributed by atoms with van der Waals surface area (Å²) in [6.07, 6.45) is 3.10. The van der Waals surface area contributed by atoms with Crippen LogP contribution in [0.4, 0.5) is 5.69 Å². The number of rotatable bonds is 3. The molecular weight excluding hydrogens is 178 g/mol. The molecule has 0 bridgehead atoms. The first-order valence-electron chi connectivity index (χ1n) is 4.40. The summed E-state index contributed by atoms with van der Waals surface area (Å²) in [4.78, 5) is 11.2. The fraction of sp³-hybridized carbons (Fsp3) is 0.182. The van der Waals surface area contributed by atoms with Gasteiger partial charge in [-0.05, 0) is 19.1 Å². The Morgan fingerprint density at radius 2 is 2.21 bits per heavy atom. The molecule has 0 aliphatic rings. The standard InChI is InChI=1S/C11H13NO2/c1-2-5-11(14)12-10-7-4-3-6-9(10)8-13/h2-7,13H,8H2,1H3,(H,12,14). The summed E-state index contributed by atoms with van der Waals surface area (Å²) in [6.45, 7) is 1.70. The van der Waals surface area contributed by atoms with Crippen LogP contribution < -0.4 is 5.32 Å². The molecule has 3 heteroatoms. The molecule has 0 heterocycles. The number of amides is 1. The van der Waals surface area contributed by atoms with Gasteiger partial charge >= 0.3 is 0 Å². The molecule has 0 spiro atoms. The van der Waals surface area contributed by atoms with E-state index in [1.54, 1.807) is 25.1 Å².